The lowest BCUT2D eigenvalue weighted by molar-refractivity contribution is -0.129. The summed E-state index contributed by atoms with van der Waals surface area (Å²) in [6.07, 6.45) is -1.26. The largest absolute Gasteiger partial charge is 0.497 e. The van der Waals surface area contributed by atoms with Crippen LogP contribution in [0.2, 0.25) is 0 Å². The third kappa shape index (κ3) is 1.56. The van der Waals surface area contributed by atoms with Crippen molar-refractivity contribution in [1.82, 2.24) is 0 Å². The maximum absolute atomic E-state index is 12.7. The van der Waals surface area contributed by atoms with Crippen LogP contribution < -0.4 is 9.64 Å². The summed E-state index contributed by atoms with van der Waals surface area (Å²) < 4.78 is 5.08. The molecule has 2 N–H and O–H groups in total. The fraction of sp³-hybridized carbons (Fsp3) is 0.500. The van der Waals surface area contributed by atoms with Crippen LogP contribution in [0.15, 0.2) is 24.3 Å². The van der Waals surface area contributed by atoms with Crippen LogP contribution in [0, 0.1) is 23.7 Å². The lowest BCUT2D eigenvalue weighted by atomic mass is 9.78. The van der Waals surface area contributed by atoms with Crippen molar-refractivity contribution in [2.24, 2.45) is 23.7 Å². The summed E-state index contributed by atoms with van der Waals surface area (Å²) in [7, 11) is 1.55. The van der Waals surface area contributed by atoms with Crippen LogP contribution in [0.4, 0.5) is 5.69 Å². The van der Waals surface area contributed by atoms with E-state index in [0.29, 0.717) is 17.9 Å². The number of anilines is 1. The average Bonchev–Trinajstić information content (AvgIpc) is 3.13. The Morgan fingerprint density at radius 2 is 1.50 bits per heavy atom. The minimum absolute atomic E-state index is 0.265. The molecule has 0 radical (unpaired) electrons. The normalized spacial score (nSPS) is 39.5. The van der Waals surface area contributed by atoms with Crippen LogP contribution in [-0.2, 0) is 9.59 Å². The van der Waals surface area contributed by atoms with Crippen molar-refractivity contribution in [1.29, 1.82) is 0 Å². The number of benzene rings is 1. The lowest BCUT2D eigenvalue weighted by Gasteiger charge is -2.29. The highest BCUT2D eigenvalue weighted by atomic mass is 16.5. The molecule has 22 heavy (non-hydrogen) atoms. The Morgan fingerprint density at radius 3 is 1.95 bits per heavy atom. The fourth-order valence-electron chi connectivity index (χ4n) is 4.42. The molecule has 2 aliphatic carbocycles. The molecule has 2 bridgehead atoms. The molecule has 6 atom stereocenters. The summed E-state index contributed by atoms with van der Waals surface area (Å²) in [6, 6.07) is 6.74. The second-order valence-corrected chi connectivity index (χ2v) is 6.31. The van der Waals surface area contributed by atoms with E-state index in [2.05, 4.69) is 0 Å². The molecule has 116 valence electrons. The van der Waals surface area contributed by atoms with E-state index in [0.717, 1.165) is 0 Å². The standard InChI is InChI=1S/C16H17NO5/c1-22-8-4-2-7(3-5-8)17-15(20)11-9-6-10(12(11)16(17)21)14(19)13(9)18/h2-5,9-14,18-19H,6H2,1H3/t9-,10-,11-,12+,13-,14-/m0/s1. The first-order chi connectivity index (χ1) is 10.5. The minimum Gasteiger partial charge on any atom is -0.497 e. The minimum atomic E-state index is -0.904. The summed E-state index contributed by atoms with van der Waals surface area (Å²) in [5.74, 6) is -1.52. The number of nitrogens with zero attached hydrogens (tertiary/aromatic N) is 1. The average molecular weight is 303 g/mol. The molecular weight excluding hydrogens is 286 g/mol. The number of aliphatic hydroxyl groups excluding tert-OH is 2. The van der Waals surface area contributed by atoms with Gasteiger partial charge in [0.1, 0.15) is 5.75 Å². The third-order valence-corrected chi connectivity index (χ3v) is 5.42. The third-order valence-electron chi connectivity index (χ3n) is 5.42. The molecule has 3 fully saturated rings. The number of imide groups is 1. The summed E-state index contributed by atoms with van der Waals surface area (Å²) in [5.41, 5.74) is 0.508. The van der Waals surface area contributed by atoms with E-state index < -0.39 is 24.0 Å². The number of amides is 2. The van der Waals surface area contributed by atoms with Crippen molar-refractivity contribution < 1.29 is 24.5 Å². The predicted molar refractivity (Wildman–Crippen MR) is 76.1 cm³/mol. The smallest absolute Gasteiger partial charge is 0.238 e. The van der Waals surface area contributed by atoms with E-state index in [1.165, 1.54) is 4.90 Å². The second-order valence-electron chi connectivity index (χ2n) is 6.31. The molecular formula is C16H17NO5. The van der Waals surface area contributed by atoms with Crippen LogP contribution in [0.5, 0.6) is 5.75 Å². The van der Waals surface area contributed by atoms with E-state index in [1.807, 2.05) is 0 Å². The van der Waals surface area contributed by atoms with Gasteiger partial charge in [-0.1, -0.05) is 0 Å². The Hall–Kier alpha value is -1.92. The molecule has 2 amide bonds. The zero-order valence-electron chi connectivity index (χ0n) is 12.0. The number of hydrogen-bond acceptors (Lipinski definition) is 5. The van der Waals surface area contributed by atoms with E-state index in [9.17, 15) is 19.8 Å². The van der Waals surface area contributed by atoms with Gasteiger partial charge in [0, 0.05) is 11.8 Å². The Morgan fingerprint density at radius 1 is 1.00 bits per heavy atom. The van der Waals surface area contributed by atoms with Crippen LogP contribution in [-0.4, -0.2) is 41.3 Å². The molecule has 2 saturated carbocycles. The number of hydrogen-bond donors (Lipinski definition) is 2. The number of methoxy groups -OCH3 is 1. The highest BCUT2D eigenvalue weighted by Gasteiger charge is 2.67. The van der Waals surface area contributed by atoms with Crippen LogP contribution >= 0.6 is 0 Å². The molecule has 0 unspecified atom stereocenters. The first-order valence-corrected chi connectivity index (χ1v) is 7.42. The van der Waals surface area contributed by atoms with Crippen molar-refractivity contribution in [2.75, 3.05) is 12.0 Å². The van der Waals surface area contributed by atoms with Gasteiger partial charge in [0.15, 0.2) is 0 Å². The molecule has 4 rings (SSSR count). The molecule has 1 aliphatic heterocycles. The second kappa shape index (κ2) is 4.54. The van der Waals surface area contributed by atoms with Gasteiger partial charge in [0.25, 0.3) is 0 Å². The van der Waals surface area contributed by atoms with Gasteiger partial charge in [-0.15, -0.1) is 0 Å². The Kier molecular flexibility index (Phi) is 2.83. The lowest BCUT2D eigenvalue weighted by Crippen LogP contribution is -2.43. The van der Waals surface area contributed by atoms with Gasteiger partial charge in [0.2, 0.25) is 11.8 Å². The van der Waals surface area contributed by atoms with Crippen LogP contribution in [0.25, 0.3) is 0 Å². The molecule has 1 aromatic carbocycles. The number of carbonyl (C=O) groups excluding carboxylic acids is 2. The quantitative estimate of drug-likeness (QED) is 0.761. The van der Waals surface area contributed by atoms with Crippen molar-refractivity contribution in [3.05, 3.63) is 24.3 Å². The number of aliphatic hydroxyl groups is 2. The highest BCUT2D eigenvalue weighted by molar-refractivity contribution is 6.22. The maximum Gasteiger partial charge on any atom is 0.238 e. The molecule has 3 aliphatic rings. The monoisotopic (exact) mass is 303 g/mol. The predicted octanol–water partition coefficient (Wildman–Crippen LogP) is 0.172. The molecule has 0 spiro atoms. The summed E-state index contributed by atoms with van der Waals surface area (Å²) >= 11 is 0. The first kappa shape index (κ1) is 13.7. The Labute approximate surface area is 127 Å². The molecule has 1 heterocycles. The summed E-state index contributed by atoms with van der Waals surface area (Å²) in [4.78, 5) is 26.5. The van der Waals surface area contributed by atoms with E-state index in [-0.39, 0.29) is 23.7 Å². The van der Waals surface area contributed by atoms with Gasteiger partial charge in [-0.2, -0.15) is 0 Å². The van der Waals surface area contributed by atoms with Gasteiger partial charge >= 0.3 is 0 Å². The van der Waals surface area contributed by atoms with Crippen LogP contribution in [0.3, 0.4) is 0 Å². The van der Waals surface area contributed by atoms with Gasteiger partial charge in [-0.05, 0) is 30.7 Å². The van der Waals surface area contributed by atoms with Crippen molar-refractivity contribution in [3.8, 4) is 5.75 Å². The number of rotatable bonds is 2. The molecule has 1 saturated heterocycles. The molecule has 6 nitrogen and oxygen atoms in total. The topological polar surface area (TPSA) is 87.1 Å². The molecule has 6 heteroatoms. The van der Waals surface area contributed by atoms with E-state index in [1.54, 1.807) is 31.4 Å². The number of ether oxygens (including phenoxy) is 1. The summed E-state index contributed by atoms with van der Waals surface area (Å²) in [6.45, 7) is 0. The SMILES string of the molecule is COc1ccc(N2C(=O)[C@@H]3[C@@H]4C[C@H]([C@H](O)[C@H]4O)[C@@H]3C2=O)cc1. The molecule has 1 aromatic rings. The van der Waals surface area contributed by atoms with E-state index in [4.69, 9.17) is 4.74 Å². The maximum atomic E-state index is 12.7. The van der Waals surface area contributed by atoms with Crippen molar-refractivity contribution >= 4 is 17.5 Å². The zero-order chi connectivity index (χ0) is 15.6. The van der Waals surface area contributed by atoms with E-state index >= 15 is 0 Å². The summed E-state index contributed by atoms with van der Waals surface area (Å²) in [5, 5.41) is 20.0. The van der Waals surface area contributed by atoms with Gasteiger partial charge < -0.3 is 14.9 Å². The zero-order valence-corrected chi connectivity index (χ0v) is 12.0. The number of fused-ring (bicyclic) bond motifs is 5. The first-order valence-electron chi connectivity index (χ1n) is 7.42. The molecule has 0 aromatic heterocycles. The van der Waals surface area contributed by atoms with Gasteiger partial charge in [-0.3, -0.25) is 14.5 Å². The van der Waals surface area contributed by atoms with Crippen molar-refractivity contribution in [3.63, 3.8) is 0 Å². The Bertz CT molecular complexity index is 610. The van der Waals surface area contributed by atoms with Crippen LogP contribution in [0.1, 0.15) is 6.42 Å². The number of carbonyl (C=O) groups is 2. The Balaban J connectivity index is 1.69. The van der Waals surface area contributed by atoms with Gasteiger partial charge in [-0.25, -0.2) is 0 Å². The van der Waals surface area contributed by atoms with Crippen molar-refractivity contribution in [2.45, 2.75) is 18.6 Å². The highest BCUT2D eigenvalue weighted by Crippen LogP contribution is 2.56. The fourth-order valence-corrected chi connectivity index (χ4v) is 4.42. The van der Waals surface area contributed by atoms with Gasteiger partial charge in [0.05, 0.1) is 36.8 Å².